The predicted octanol–water partition coefficient (Wildman–Crippen LogP) is 4.41. The van der Waals surface area contributed by atoms with Crippen LogP contribution >= 0.6 is 22.9 Å². The van der Waals surface area contributed by atoms with Gasteiger partial charge in [-0.05, 0) is 72.9 Å². The number of thiophene rings is 1. The van der Waals surface area contributed by atoms with Crippen molar-refractivity contribution in [3.05, 3.63) is 50.7 Å². The lowest BCUT2D eigenvalue weighted by Gasteiger charge is -2.38. The van der Waals surface area contributed by atoms with Crippen LogP contribution in [-0.4, -0.2) is 19.1 Å². The maximum Gasteiger partial charge on any atom is 0.0931 e. The summed E-state index contributed by atoms with van der Waals surface area (Å²) in [7, 11) is 0. The molecule has 2 atom stereocenters. The van der Waals surface area contributed by atoms with Crippen LogP contribution in [0.4, 0.5) is 5.69 Å². The molecule has 0 spiro atoms. The molecule has 1 aromatic heterocycles. The molecule has 1 fully saturated rings. The van der Waals surface area contributed by atoms with E-state index in [0.717, 1.165) is 30.3 Å². The van der Waals surface area contributed by atoms with E-state index in [4.69, 9.17) is 17.3 Å². The Labute approximate surface area is 141 Å². The minimum Gasteiger partial charge on any atom is -0.370 e. The Morgan fingerprint density at radius 1 is 1.23 bits per heavy atom. The topological polar surface area (TPSA) is 29.3 Å². The third-order valence-electron chi connectivity index (χ3n) is 4.57. The van der Waals surface area contributed by atoms with E-state index in [1.807, 2.05) is 0 Å². The van der Waals surface area contributed by atoms with Gasteiger partial charge in [0.15, 0.2) is 0 Å². The highest BCUT2D eigenvalue weighted by Gasteiger charge is 2.25. The Balaban J connectivity index is 1.73. The quantitative estimate of drug-likeness (QED) is 0.900. The number of rotatable bonds is 3. The summed E-state index contributed by atoms with van der Waals surface area (Å²) in [6, 6.07) is 9.05. The molecule has 4 heteroatoms. The summed E-state index contributed by atoms with van der Waals surface area (Å²) < 4.78 is 0.876. The van der Waals surface area contributed by atoms with E-state index in [0.29, 0.717) is 5.92 Å². The number of anilines is 1. The first-order chi connectivity index (χ1) is 10.5. The molecule has 2 aromatic rings. The minimum absolute atomic E-state index is 0.245. The molecule has 0 aliphatic carbocycles. The van der Waals surface area contributed by atoms with E-state index in [9.17, 15) is 0 Å². The first-order valence-corrected chi connectivity index (χ1v) is 9.07. The van der Waals surface area contributed by atoms with E-state index in [1.165, 1.54) is 22.4 Å². The van der Waals surface area contributed by atoms with Crippen LogP contribution in [0.2, 0.25) is 4.34 Å². The summed E-state index contributed by atoms with van der Waals surface area (Å²) in [6.07, 6.45) is 2.16. The number of hydrogen-bond donors (Lipinski definition) is 1. The Hall–Kier alpha value is -1.03. The van der Waals surface area contributed by atoms with E-state index >= 15 is 0 Å². The van der Waals surface area contributed by atoms with Crippen molar-refractivity contribution in [3.63, 3.8) is 0 Å². The molecule has 1 aliphatic heterocycles. The van der Waals surface area contributed by atoms with E-state index in [-0.39, 0.29) is 6.04 Å². The Morgan fingerprint density at radius 2 is 2.05 bits per heavy atom. The predicted molar refractivity (Wildman–Crippen MR) is 97.2 cm³/mol. The van der Waals surface area contributed by atoms with Crippen molar-refractivity contribution in [3.8, 4) is 0 Å². The molecule has 2 nitrogen and oxygen atoms in total. The summed E-state index contributed by atoms with van der Waals surface area (Å²) in [5, 5.41) is 2.17. The van der Waals surface area contributed by atoms with Crippen molar-refractivity contribution in [2.24, 2.45) is 11.7 Å². The van der Waals surface area contributed by atoms with Crippen molar-refractivity contribution < 1.29 is 0 Å². The molecule has 2 heterocycles. The highest BCUT2D eigenvalue weighted by molar-refractivity contribution is 7.14. The first kappa shape index (κ1) is 15.9. The number of nitrogens with zero attached hydrogens (tertiary/aromatic N) is 1. The van der Waals surface area contributed by atoms with E-state index in [1.54, 1.807) is 11.3 Å². The SMILES string of the molecule is Cc1ccc(N2CC(N)CC(Cc3csc(Cl)c3)C2)cc1C. The van der Waals surface area contributed by atoms with Gasteiger partial charge in [-0.15, -0.1) is 11.3 Å². The van der Waals surface area contributed by atoms with Crippen LogP contribution in [0.1, 0.15) is 23.1 Å². The molecule has 2 unspecified atom stereocenters. The molecule has 0 radical (unpaired) electrons. The molecular weight excluding hydrogens is 312 g/mol. The van der Waals surface area contributed by atoms with Gasteiger partial charge in [0.25, 0.3) is 0 Å². The molecule has 0 amide bonds. The summed E-state index contributed by atoms with van der Waals surface area (Å²) in [4.78, 5) is 2.44. The van der Waals surface area contributed by atoms with Crippen LogP contribution in [0.25, 0.3) is 0 Å². The smallest absolute Gasteiger partial charge is 0.0931 e. The molecule has 0 bridgehead atoms. The van der Waals surface area contributed by atoms with Crippen LogP contribution in [0.15, 0.2) is 29.6 Å². The Morgan fingerprint density at radius 3 is 2.73 bits per heavy atom. The third-order valence-corrected chi connectivity index (χ3v) is 5.71. The van der Waals surface area contributed by atoms with Gasteiger partial charge in [-0.2, -0.15) is 0 Å². The Kier molecular flexibility index (Phi) is 4.76. The fourth-order valence-corrected chi connectivity index (χ4v) is 4.24. The zero-order valence-electron chi connectivity index (χ0n) is 13.2. The monoisotopic (exact) mass is 334 g/mol. The second-order valence-electron chi connectivity index (χ2n) is 6.50. The molecular formula is C18H23ClN2S. The van der Waals surface area contributed by atoms with Gasteiger partial charge in [-0.1, -0.05) is 17.7 Å². The highest BCUT2D eigenvalue weighted by Crippen LogP contribution is 2.28. The number of halogens is 1. The molecule has 1 saturated heterocycles. The van der Waals surface area contributed by atoms with Crippen molar-refractivity contribution in [2.45, 2.75) is 32.7 Å². The fraction of sp³-hybridized carbons (Fsp3) is 0.444. The maximum atomic E-state index is 6.31. The molecule has 2 N–H and O–H groups in total. The van der Waals surface area contributed by atoms with Crippen molar-refractivity contribution >= 4 is 28.6 Å². The van der Waals surface area contributed by atoms with Gasteiger partial charge in [-0.25, -0.2) is 0 Å². The van der Waals surface area contributed by atoms with Gasteiger partial charge in [0.05, 0.1) is 4.34 Å². The zero-order chi connectivity index (χ0) is 15.7. The molecule has 118 valence electrons. The van der Waals surface area contributed by atoms with E-state index in [2.05, 4.69) is 48.4 Å². The number of nitrogens with two attached hydrogens (primary N) is 1. The molecule has 1 aromatic carbocycles. The highest BCUT2D eigenvalue weighted by atomic mass is 35.5. The summed E-state index contributed by atoms with van der Waals surface area (Å²) in [5.74, 6) is 0.594. The van der Waals surface area contributed by atoms with Gasteiger partial charge < -0.3 is 10.6 Å². The molecule has 1 aliphatic rings. The normalized spacial score (nSPS) is 22.1. The van der Waals surface area contributed by atoms with Gasteiger partial charge in [0, 0.05) is 24.8 Å². The van der Waals surface area contributed by atoms with Crippen molar-refractivity contribution in [1.29, 1.82) is 0 Å². The fourth-order valence-electron chi connectivity index (χ4n) is 3.31. The number of benzene rings is 1. The van der Waals surface area contributed by atoms with Gasteiger partial charge >= 0.3 is 0 Å². The second-order valence-corrected chi connectivity index (χ2v) is 8.04. The lowest BCUT2D eigenvalue weighted by atomic mass is 9.89. The average molecular weight is 335 g/mol. The first-order valence-electron chi connectivity index (χ1n) is 7.82. The van der Waals surface area contributed by atoms with Gasteiger partial charge in [-0.3, -0.25) is 0 Å². The number of aryl methyl sites for hydroxylation is 2. The third kappa shape index (κ3) is 3.65. The van der Waals surface area contributed by atoms with Gasteiger partial charge in [0.1, 0.15) is 0 Å². The lowest BCUT2D eigenvalue weighted by molar-refractivity contribution is 0.375. The Bertz CT molecular complexity index is 652. The standard InChI is InChI=1S/C18H23ClN2S/c1-12-3-4-17(5-13(12)2)21-9-14(7-16(20)10-21)6-15-8-18(19)22-11-15/h3-5,8,11,14,16H,6-7,9-10,20H2,1-2H3. The summed E-state index contributed by atoms with van der Waals surface area (Å²) in [5.41, 5.74) is 11.6. The maximum absolute atomic E-state index is 6.31. The summed E-state index contributed by atoms with van der Waals surface area (Å²) in [6.45, 7) is 6.35. The van der Waals surface area contributed by atoms with E-state index < -0.39 is 0 Å². The zero-order valence-corrected chi connectivity index (χ0v) is 14.8. The molecule has 22 heavy (non-hydrogen) atoms. The number of hydrogen-bond acceptors (Lipinski definition) is 3. The molecule has 0 saturated carbocycles. The van der Waals surface area contributed by atoms with Crippen molar-refractivity contribution in [1.82, 2.24) is 0 Å². The second kappa shape index (κ2) is 6.61. The lowest BCUT2D eigenvalue weighted by Crippen LogP contribution is -2.47. The van der Waals surface area contributed by atoms with Crippen LogP contribution in [0.5, 0.6) is 0 Å². The largest absolute Gasteiger partial charge is 0.370 e. The van der Waals surface area contributed by atoms with Crippen LogP contribution in [-0.2, 0) is 6.42 Å². The van der Waals surface area contributed by atoms with Crippen LogP contribution in [0.3, 0.4) is 0 Å². The van der Waals surface area contributed by atoms with Crippen molar-refractivity contribution in [2.75, 3.05) is 18.0 Å². The minimum atomic E-state index is 0.245. The summed E-state index contributed by atoms with van der Waals surface area (Å²) >= 11 is 7.66. The van der Waals surface area contributed by atoms with Gasteiger partial charge in [0.2, 0.25) is 0 Å². The van der Waals surface area contributed by atoms with Crippen LogP contribution < -0.4 is 10.6 Å². The molecule has 3 rings (SSSR count). The number of piperidine rings is 1. The van der Waals surface area contributed by atoms with Crippen LogP contribution in [0, 0.1) is 19.8 Å². The average Bonchev–Trinajstić information content (AvgIpc) is 2.86.